The van der Waals surface area contributed by atoms with Crippen molar-refractivity contribution in [3.8, 4) is 5.75 Å². The lowest BCUT2D eigenvalue weighted by molar-refractivity contribution is -0.0114. The number of fused-ring (bicyclic) bond motifs is 1. The summed E-state index contributed by atoms with van der Waals surface area (Å²) in [4.78, 5) is 0. The van der Waals surface area contributed by atoms with Crippen molar-refractivity contribution >= 4 is 0 Å². The SMILES string of the molecule is CCOC1CC(NCC2Cc3cc(C)ccc3O2)C1. The molecule has 1 heterocycles. The van der Waals surface area contributed by atoms with Crippen LogP contribution in [-0.4, -0.2) is 31.4 Å². The van der Waals surface area contributed by atoms with Crippen LogP contribution in [0.2, 0.25) is 0 Å². The Hall–Kier alpha value is -1.06. The van der Waals surface area contributed by atoms with E-state index in [4.69, 9.17) is 9.47 Å². The molecule has 19 heavy (non-hydrogen) atoms. The zero-order chi connectivity index (χ0) is 13.2. The Morgan fingerprint density at radius 1 is 1.37 bits per heavy atom. The molecule has 1 aliphatic carbocycles. The number of benzene rings is 1. The number of aryl methyl sites for hydroxylation is 1. The number of ether oxygens (including phenoxy) is 2. The Kier molecular flexibility index (Phi) is 3.76. The van der Waals surface area contributed by atoms with E-state index in [0.717, 1.165) is 38.2 Å². The van der Waals surface area contributed by atoms with Gasteiger partial charge in [-0.1, -0.05) is 17.7 Å². The maximum absolute atomic E-state index is 5.96. The van der Waals surface area contributed by atoms with Gasteiger partial charge in [-0.2, -0.15) is 0 Å². The van der Waals surface area contributed by atoms with Gasteiger partial charge in [-0.05, 0) is 38.3 Å². The summed E-state index contributed by atoms with van der Waals surface area (Å²) in [6, 6.07) is 7.07. The summed E-state index contributed by atoms with van der Waals surface area (Å²) in [5, 5.41) is 3.59. The van der Waals surface area contributed by atoms with Crippen LogP contribution in [0.5, 0.6) is 5.75 Å². The molecule has 0 bridgehead atoms. The molecule has 1 aromatic rings. The zero-order valence-corrected chi connectivity index (χ0v) is 11.8. The molecule has 3 heteroatoms. The summed E-state index contributed by atoms with van der Waals surface area (Å²) < 4.78 is 11.5. The van der Waals surface area contributed by atoms with Crippen molar-refractivity contribution in [2.24, 2.45) is 0 Å². The number of rotatable bonds is 5. The quantitative estimate of drug-likeness (QED) is 0.883. The lowest BCUT2D eigenvalue weighted by Crippen LogP contribution is -2.48. The highest BCUT2D eigenvalue weighted by Crippen LogP contribution is 2.30. The van der Waals surface area contributed by atoms with Gasteiger partial charge in [0, 0.05) is 25.6 Å². The van der Waals surface area contributed by atoms with Crippen LogP contribution in [0.25, 0.3) is 0 Å². The molecule has 1 aliphatic heterocycles. The fourth-order valence-corrected chi connectivity index (χ4v) is 2.97. The molecule has 1 atom stereocenters. The summed E-state index contributed by atoms with van der Waals surface area (Å²) in [6.07, 6.45) is 4.10. The molecular weight excluding hydrogens is 238 g/mol. The molecule has 0 amide bonds. The van der Waals surface area contributed by atoms with E-state index < -0.39 is 0 Å². The number of hydrogen-bond donors (Lipinski definition) is 1. The van der Waals surface area contributed by atoms with E-state index in [1.54, 1.807) is 0 Å². The van der Waals surface area contributed by atoms with Gasteiger partial charge in [0.05, 0.1) is 6.10 Å². The largest absolute Gasteiger partial charge is 0.488 e. The average molecular weight is 261 g/mol. The monoisotopic (exact) mass is 261 g/mol. The topological polar surface area (TPSA) is 30.5 Å². The standard InChI is InChI=1S/C16H23NO2/c1-3-18-14-8-13(9-14)17-10-15-7-12-6-11(2)4-5-16(12)19-15/h4-6,13-15,17H,3,7-10H2,1-2H3. The molecule has 1 fully saturated rings. The van der Waals surface area contributed by atoms with Crippen LogP contribution < -0.4 is 10.1 Å². The van der Waals surface area contributed by atoms with Crippen LogP contribution in [0.1, 0.15) is 30.9 Å². The van der Waals surface area contributed by atoms with E-state index >= 15 is 0 Å². The second kappa shape index (κ2) is 5.51. The van der Waals surface area contributed by atoms with E-state index in [-0.39, 0.29) is 0 Å². The van der Waals surface area contributed by atoms with Crippen molar-refractivity contribution < 1.29 is 9.47 Å². The highest BCUT2D eigenvalue weighted by atomic mass is 16.5. The van der Waals surface area contributed by atoms with Crippen molar-refractivity contribution in [2.75, 3.05) is 13.2 Å². The minimum atomic E-state index is 0.294. The Bertz CT molecular complexity index is 440. The Labute approximate surface area is 115 Å². The van der Waals surface area contributed by atoms with Crippen LogP contribution in [0.15, 0.2) is 18.2 Å². The molecule has 2 aliphatic rings. The molecule has 1 saturated carbocycles. The Morgan fingerprint density at radius 3 is 3.00 bits per heavy atom. The summed E-state index contributed by atoms with van der Waals surface area (Å²) in [6.45, 7) is 5.97. The van der Waals surface area contributed by atoms with Gasteiger partial charge < -0.3 is 14.8 Å². The Balaban J connectivity index is 1.42. The van der Waals surface area contributed by atoms with E-state index in [2.05, 4.69) is 37.4 Å². The first-order valence-electron chi connectivity index (χ1n) is 7.35. The third-order valence-electron chi connectivity index (χ3n) is 4.09. The number of hydrogen-bond acceptors (Lipinski definition) is 3. The van der Waals surface area contributed by atoms with Crippen LogP contribution in [0.3, 0.4) is 0 Å². The fraction of sp³-hybridized carbons (Fsp3) is 0.625. The van der Waals surface area contributed by atoms with Crippen LogP contribution in [-0.2, 0) is 11.2 Å². The highest BCUT2D eigenvalue weighted by Gasteiger charge is 2.30. The molecule has 3 rings (SSSR count). The minimum Gasteiger partial charge on any atom is -0.488 e. The first-order valence-corrected chi connectivity index (χ1v) is 7.35. The molecule has 0 saturated heterocycles. The lowest BCUT2D eigenvalue weighted by Gasteiger charge is -2.36. The van der Waals surface area contributed by atoms with Gasteiger partial charge in [0.15, 0.2) is 0 Å². The van der Waals surface area contributed by atoms with Gasteiger partial charge in [0.1, 0.15) is 11.9 Å². The van der Waals surface area contributed by atoms with Crippen molar-refractivity contribution in [1.29, 1.82) is 0 Å². The summed E-state index contributed by atoms with van der Waals surface area (Å²) in [7, 11) is 0. The summed E-state index contributed by atoms with van der Waals surface area (Å²) >= 11 is 0. The smallest absolute Gasteiger partial charge is 0.123 e. The maximum atomic E-state index is 5.96. The molecule has 0 spiro atoms. The molecule has 3 nitrogen and oxygen atoms in total. The molecule has 1 unspecified atom stereocenters. The van der Waals surface area contributed by atoms with Crippen LogP contribution in [0.4, 0.5) is 0 Å². The molecule has 104 valence electrons. The van der Waals surface area contributed by atoms with Crippen LogP contribution >= 0.6 is 0 Å². The maximum Gasteiger partial charge on any atom is 0.123 e. The van der Waals surface area contributed by atoms with Gasteiger partial charge in [-0.15, -0.1) is 0 Å². The van der Waals surface area contributed by atoms with Crippen molar-refractivity contribution in [3.05, 3.63) is 29.3 Å². The highest BCUT2D eigenvalue weighted by molar-refractivity contribution is 5.40. The third kappa shape index (κ3) is 2.93. The van der Waals surface area contributed by atoms with Gasteiger partial charge in [0.2, 0.25) is 0 Å². The molecule has 1 N–H and O–H groups in total. The second-order valence-corrected chi connectivity index (χ2v) is 5.71. The van der Waals surface area contributed by atoms with Gasteiger partial charge in [0.25, 0.3) is 0 Å². The van der Waals surface area contributed by atoms with Gasteiger partial charge in [-0.25, -0.2) is 0 Å². The van der Waals surface area contributed by atoms with Crippen molar-refractivity contribution in [1.82, 2.24) is 5.32 Å². The van der Waals surface area contributed by atoms with Crippen molar-refractivity contribution in [3.63, 3.8) is 0 Å². The third-order valence-corrected chi connectivity index (χ3v) is 4.09. The molecule has 0 radical (unpaired) electrons. The normalized spacial score (nSPS) is 28.6. The van der Waals surface area contributed by atoms with Crippen LogP contribution in [0, 0.1) is 6.92 Å². The van der Waals surface area contributed by atoms with E-state index in [9.17, 15) is 0 Å². The predicted molar refractivity (Wildman–Crippen MR) is 75.7 cm³/mol. The fourth-order valence-electron chi connectivity index (χ4n) is 2.97. The zero-order valence-electron chi connectivity index (χ0n) is 11.8. The summed E-state index contributed by atoms with van der Waals surface area (Å²) in [5.41, 5.74) is 2.67. The summed E-state index contributed by atoms with van der Waals surface area (Å²) in [5.74, 6) is 1.07. The first-order chi connectivity index (χ1) is 9.24. The molecular formula is C16H23NO2. The van der Waals surface area contributed by atoms with Crippen molar-refractivity contribution in [2.45, 2.75) is 51.4 Å². The predicted octanol–water partition coefficient (Wildman–Crippen LogP) is 2.46. The molecule has 1 aromatic carbocycles. The average Bonchev–Trinajstić information content (AvgIpc) is 2.73. The van der Waals surface area contributed by atoms with Gasteiger partial charge in [-0.3, -0.25) is 0 Å². The molecule has 0 aromatic heterocycles. The minimum absolute atomic E-state index is 0.294. The van der Waals surface area contributed by atoms with Gasteiger partial charge >= 0.3 is 0 Å². The van der Waals surface area contributed by atoms with E-state index in [1.165, 1.54) is 11.1 Å². The second-order valence-electron chi connectivity index (χ2n) is 5.71. The Morgan fingerprint density at radius 2 is 2.21 bits per heavy atom. The number of nitrogens with one attached hydrogen (secondary N) is 1. The first kappa shape index (κ1) is 12.9. The lowest BCUT2D eigenvalue weighted by atomic mass is 9.89. The van der Waals surface area contributed by atoms with E-state index in [0.29, 0.717) is 18.2 Å². The van der Waals surface area contributed by atoms with E-state index in [1.807, 2.05) is 0 Å².